The van der Waals surface area contributed by atoms with Crippen molar-refractivity contribution in [2.45, 2.75) is 31.5 Å². The molecule has 0 saturated carbocycles. The average molecular weight is 400 g/mol. The summed E-state index contributed by atoms with van der Waals surface area (Å²) in [4.78, 5) is 22.5. The van der Waals surface area contributed by atoms with Gasteiger partial charge < -0.3 is 14.7 Å². The molecule has 1 aromatic heterocycles. The number of pyridine rings is 1. The van der Waals surface area contributed by atoms with Crippen molar-refractivity contribution in [3.8, 4) is 11.5 Å². The summed E-state index contributed by atoms with van der Waals surface area (Å²) in [7, 11) is 1.38. The second-order valence-corrected chi connectivity index (χ2v) is 7.67. The van der Waals surface area contributed by atoms with E-state index in [1.807, 2.05) is 18.2 Å². The topological polar surface area (TPSA) is 101 Å². The van der Waals surface area contributed by atoms with Crippen molar-refractivity contribution in [2.24, 2.45) is 4.99 Å². The van der Waals surface area contributed by atoms with Crippen molar-refractivity contribution in [2.75, 3.05) is 12.9 Å². The molecular formula is C19H20N4O4S. The summed E-state index contributed by atoms with van der Waals surface area (Å²) in [6.07, 6.45) is 2.66. The minimum atomic E-state index is -0.593. The highest BCUT2D eigenvalue weighted by Crippen LogP contribution is 2.50. The van der Waals surface area contributed by atoms with Crippen molar-refractivity contribution in [1.29, 1.82) is 0 Å². The van der Waals surface area contributed by atoms with E-state index >= 15 is 0 Å². The van der Waals surface area contributed by atoms with E-state index in [-0.39, 0.29) is 29.6 Å². The molecule has 0 amide bonds. The molecule has 146 valence electrons. The zero-order chi connectivity index (χ0) is 19.8. The van der Waals surface area contributed by atoms with Gasteiger partial charge in [0.15, 0.2) is 10.9 Å². The minimum Gasteiger partial charge on any atom is -0.500 e. The summed E-state index contributed by atoms with van der Waals surface area (Å²) in [5.74, 6) is 0.544. The lowest BCUT2D eigenvalue weighted by molar-refractivity contribution is -0.386. The van der Waals surface area contributed by atoms with E-state index in [1.54, 1.807) is 24.0 Å². The van der Waals surface area contributed by atoms with Gasteiger partial charge in [-0.15, -0.1) is 0 Å². The fourth-order valence-corrected chi connectivity index (χ4v) is 5.13. The Morgan fingerprint density at radius 3 is 2.89 bits per heavy atom. The number of methoxy groups -OCH3 is 1. The molecule has 4 rings (SSSR count). The molecular weight excluding hydrogens is 380 g/mol. The van der Waals surface area contributed by atoms with E-state index in [9.17, 15) is 15.2 Å². The van der Waals surface area contributed by atoms with Gasteiger partial charge in [0.1, 0.15) is 6.04 Å². The largest absolute Gasteiger partial charge is 0.500 e. The zero-order valence-corrected chi connectivity index (χ0v) is 16.3. The Balaban J connectivity index is 1.87. The molecule has 3 heterocycles. The summed E-state index contributed by atoms with van der Waals surface area (Å²) in [6, 6.07) is 8.50. The van der Waals surface area contributed by atoms with Crippen LogP contribution in [0.2, 0.25) is 0 Å². The van der Waals surface area contributed by atoms with Crippen molar-refractivity contribution in [1.82, 2.24) is 9.88 Å². The van der Waals surface area contributed by atoms with Gasteiger partial charge in [-0.25, -0.2) is 0 Å². The molecule has 0 unspecified atom stereocenters. The van der Waals surface area contributed by atoms with E-state index in [2.05, 4.69) is 16.8 Å². The summed E-state index contributed by atoms with van der Waals surface area (Å²) in [5, 5.41) is 22.6. The number of nitro benzene ring substituents is 1. The normalized spacial score (nSPS) is 23.4. The third-order valence-corrected chi connectivity index (χ3v) is 6.29. The molecule has 2 aromatic rings. The van der Waals surface area contributed by atoms with E-state index in [1.165, 1.54) is 13.2 Å². The molecule has 8 nitrogen and oxygen atoms in total. The van der Waals surface area contributed by atoms with Gasteiger partial charge in [-0.1, -0.05) is 24.8 Å². The summed E-state index contributed by atoms with van der Waals surface area (Å²) in [5.41, 5.74) is 1.11. The molecule has 2 aliphatic rings. The van der Waals surface area contributed by atoms with Crippen LogP contribution < -0.4 is 4.74 Å². The molecule has 1 N–H and O–H groups in total. The Kier molecular flexibility index (Phi) is 4.84. The minimum absolute atomic E-state index is 0.0809. The number of hydrogen-bond donors (Lipinski definition) is 1. The number of nitrogens with zero attached hydrogens (tertiary/aromatic N) is 4. The van der Waals surface area contributed by atoms with Gasteiger partial charge in [0.2, 0.25) is 5.75 Å². The number of benzene rings is 1. The van der Waals surface area contributed by atoms with Crippen LogP contribution in [0, 0.1) is 10.1 Å². The molecule has 0 aliphatic carbocycles. The molecule has 2 aliphatic heterocycles. The monoisotopic (exact) mass is 400 g/mol. The van der Waals surface area contributed by atoms with Gasteiger partial charge in [0.05, 0.1) is 23.8 Å². The fraction of sp³-hybridized carbons (Fsp3) is 0.368. The molecule has 1 saturated heterocycles. The number of fused-ring (bicyclic) bond motifs is 1. The Morgan fingerprint density at radius 1 is 1.43 bits per heavy atom. The van der Waals surface area contributed by atoms with Gasteiger partial charge in [-0.2, -0.15) is 0 Å². The smallest absolute Gasteiger partial charge is 0.315 e. The predicted octanol–water partition coefficient (Wildman–Crippen LogP) is 3.68. The summed E-state index contributed by atoms with van der Waals surface area (Å²) in [6.45, 7) is 2.12. The van der Waals surface area contributed by atoms with Crippen LogP contribution in [0.1, 0.15) is 36.7 Å². The van der Waals surface area contributed by atoms with Crippen LogP contribution in [0.3, 0.4) is 0 Å². The second-order valence-electron chi connectivity index (χ2n) is 6.68. The SMILES string of the molecule is CC[C@@H]1CSC2=N[C@H](c3ccccn3)[C@@H](c3cc(OC)c(O)c([N+](=O)[O-])c3)N21. The van der Waals surface area contributed by atoms with Crippen LogP contribution in [0.4, 0.5) is 5.69 Å². The first kappa shape index (κ1) is 18.5. The number of rotatable bonds is 5. The predicted molar refractivity (Wildman–Crippen MR) is 107 cm³/mol. The number of aromatic hydroxyl groups is 1. The standard InChI is InChI=1S/C19H20N4O4S/c1-3-12-10-28-19-21-16(13-6-4-5-7-20-13)17(22(12)19)11-8-14(23(25)26)18(24)15(9-11)27-2/h4-9,12,16-17,24H,3,10H2,1-2H3/t12-,16-,17-/m1/s1. The maximum Gasteiger partial charge on any atom is 0.315 e. The Labute approximate surface area is 166 Å². The fourth-order valence-electron chi connectivity index (χ4n) is 3.79. The highest BCUT2D eigenvalue weighted by atomic mass is 32.2. The van der Waals surface area contributed by atoms with Crippen molar-refractivity contribution in [3.05, 3.63) is 57.9 Å². The van der Waals surface area contributed by atoms with Gasteiger partial charge in [0, 0.05) is 24.1 Å². The third kappa shape index (κ3) is 2.95. The second kappa shape index (κ2) is 7.31. The van der Waals surface area contributed by atoms with E-state index in [4.69, 9.17) is 9.73 Å². The van der Waals surface area contributed by atoms with Crippen molar-refractivity contribution >= 4 is 22.6 Å². The van der Waals surface area contributed by atoms with Crippen LogP contribution in [0.15, 0.2) is 41.5 Å². The number of phenols is 1. The molecule has 1 aromatic carbocycles. The number of phenolic OH excluding ortho intramolecular Hbond substituents is 1. The summed E-state index contributed by atoms with van der Waals surface area (Å²) < 4.78 is 5.21. The lowest BCUT2D eigenvalue weighted by Crippen LogP contribution is -2.35. The molecule has 1 fully saturated rings. The number of amidine groups is 1. The van der Waals surface area contributed by atoms with Crippen molar-refractivity contribution in [3.63, 3.8) is 0 Å². The average Bonchev–Trinajstić information content (AvgIpc) is 3.27. The van der Waals surface area contributed by atoms with Crippen LogP contribution in [0.5, 0.6) is 11.5 Å². The highest BCUT2D eigenvalue weighted by Gasteiger charge is 2.46. The van der Waals surface area contributed by atoms with Gasteiger partial charge in [0.25, 0.3) is 0 Å². The molecule has 0 bridgehead atoms. The maximum atomic E-state index is 11.5. The van der Waals surface area contributed by atoms with Gasteiger partial charge >= 0.3 is 5.69 Å². The molecule has 3 atom stereocenters. The molecule has 28 heavy (non-hydrogen) atoms. The lowest BCUT2D eigenvalue weighted by Gasteiger charge is -2.32. The Morgan fingerprint density at radius 2 is 2.25 bits per heavy atom. The first-order valence-corrected chi connectivity index (χ1v) is 9.98. The summed E-state index contributed by atoms with van der Waals surface area (Å²) >= 11 is 1.70. The van der Waals surface area contributed by atoms with Crippen LogP contribution in [0.25, 0.3) is 0 Å². The van der Waals surface area contributed by atoms with Crippen LogP contribution in [-0.4, -0.2) is 44.0 Å². The number of aromatic nitrogens is 1. The maximum absolute atomic E-state index is 11.5. The first-order valence-electron chi connectivity index (χ1n) is 9.00. The number of hydrogen-bond acceptors (Lipinski definition) is 8. The molecule has 0 radical (unpaired) electrons. The molecule has 9 heteroatoms. The number of nitro groups is 1. The quantitative estimate of drug-likeness (QED) is 0.603. The first-order chi connectivity index (χ1) is 13.5. The van der Waals surface area contributed by atoms with E-state index in [0.29, 0.717) is 5.56 Å². The van der Waals surface area contributed by atoms with Gasteiger partial charge in [-0.3, -0.25) is 20.1 Å². The Hall–Kier alpha value is -2.81. The van der Waals surface area contributed by atoms with Crippen LogP contribution >= 0.6 is 11.8 Å². The number of thioether (sulfide) groups is 1. The lowest BCUT2D eigenvalue weighted by atomic mass is 9.94. The van der Waals surface area contributed by atoms with E-state index < -0.39 is 10.7 Å². The number of aliphatic imine (C=N–C) groups is 1. The van der Waals surface area contributed by atoms with E-state index in [0.717, 1.165) is 23.0 Å². The molecule has 0 spiro atoms. The van der Waals surface area contributed by atoms with Crippen LogP contribution in [-0.2, 0) is 0 Å². The number of ether oxygens (including phenoxy) is 1. The Bertz CT molecular complexity index is 937. The van der Waals surface area contributed by atoms with Gasteiger partial charge in [-0.05, 0) is 30.2 Å². The third-order valence-electron chi connectivity index (χ3n) is 5.16. The zero-order valence-electron chi connectivity index (χ0n) is 15.5. The van der Waals surface area contributed by atoms with Crippen molar-refractivity contribution < 1.29 is 14.8 Å². The highest BCUT2D eigenvalue weighted by molar-refractivity contribution is 8.14.